The molecular formula is C22H30ClN7O4. The molecule has 34 heavy (non-hydrogen) atoms. The molecule has 7 N–H and O–H groups in total. The van der Waals surface area contributed by atoms with Gasteiger partial charge >= 0.3 is 0 Å². The van der Waals surface area contributed by atoms with E-state index in [2.05, 4.69) is 20.6 Å². The van der Waals surface area contributed by atoms with Crippen LogP contribution in [0.3, 0.4) is 0 Å². The van der Waals surface area contributed by atoms with Crippen molar-refractivity contribution < 1.29 is 19.0 Å². The van der Waals surface area contributed by atoms with E-state index < -0.39 is 11.7 Å². The number of unbranched alkanes of at least 4 members (excludes halogenated alkanes) is 1. The number of carbonyl (C=O) groups is 1. The van der Waals surface area contributed by atoms with Crippen molar-refractivity contribution in [1.82, 2.24) is 20.6 Å². The minimum atomic E-state index is -0.692. The highest BCUT2D eigenvalue weighted by molar-refractivity contribution is 6.31. The fraction of sp³-hybridized carbons (Fsp3) is 0.455. The zero-order valence-electron chi connectivity index (χ0n) is 19.2. The van der Waals surface area contributed by atoms with E-state index in [0.29, 0.717) is 19.8 Å². The minimum Gasteiger partial charge on any atom is -0.491 e. The molecule has 0 spiro atoms. The van der Waals surface area contributed by atoms with Gasteiger partial charge < -0.3 is 31.0 Å². The monoisotopic (exact) mass is 491 g/mol. The van der Waals surface area contributed by atoms with E-state index in [-0.39, 0.29) is 34.5 Å². The third kappa shape index (κ3) is 7.44. The first-order chi connectivity index (χ1) is 16.1. The molecule has 1 aromatic heterocycles. The topological polar surface area (TPSA) is 170 Å². The number of rotatable bonds is 9. The average molecular weight is 492 g/mol. The van der Waals surface area contributed by atoms with Crippen molar-refractivity contribution in [3.8, 4) is 5.75 Å². The number of nitrogens with two attached hydrogens (primary N) is 2. The zero-order valence-corrected chi connectivity index (χ0v) is 19.9. The molecule has 12 heteroatoms. The third-order valence-corrected chi connectivity index (χ3v) is 5.26. The molecule has 1 aromatic carbocycles. The zero-order chi connectivity index (χ0) is 24.7. The number of aromatic nitrogens is 2. The van der Waals surface area contributed by atoms with Gasteiger partial charge in [-0.2, -0.15) is 0 Å². The van der Waals surface area contributed by atoms with E-state index in [1.165, 1.54) is 5.56 Å². The first kappa shape index (κ1) is 25.5. The minimum absolute atomic E-state index is 0.0658. The molecule has 0 aliphatic carbocycles. The lowest BCUT2D eigenvalue weighted by Gasteiger charge is -2.17. The Morgan fingerprint density at radius 1 is 1.24 bits per heavy atom. The standard InChI is InChI=1S/C22H30ClN7O4/c1-22(2)33-12-15(34-22)11-32-14-8-6-13(7-9-14)5-3-4-10-27-21(26)30-20(31)16-18(24)29-19(25)17(23)28-16/h6-9,15H,3-5,10-12H2,1-2H3,(H4,24,25,29)(H3,26,27,30,31). The van der Waals surface area contributed by atoms with Crippen LogP contribution in [-0.2, 0) is 15.9 Å². The number of guanidine groups is 1. The number of nitrogens with one attached hydrogen (secondary N) is 3. The van der Waals surface area contributed by atoms with E-state index in [1.54, 1.807) is 0 Å². The Balaban J connectivity index is 1.31. The first-order valence-corrected chi connectivity index (χ1v) is 11.3. The molecule has 2 aromatic rings. The summed E-state index contributed by atoms with van der Waals surface area (Å²) in [7, 11) is 0. The highest BCUT2D eigenvalue weighted by Gasteiger charge is 2.32. The molecule has 1 fully saturated rings. The van der Waals surface area contributed by atoms with Crippen LogP contribution in [0.15, 0.2) is 24.3 Å². The molecule has 0 saturated carbocycles. The lowest BCUT2D eigenvalue weighted by atomic mass is 10.1. The van der Waals surface area contributed by atoms with Gasteiger partial charge in [0.1, 0.15) is 18.5 Å². The molecule has 3 rings (SSSR count). The van der Waals surface area contributed by atoms with Gasteiger partial charge in [-0.3, -0.25) is 15.5 Å². The summed E-state index contributed by atoms with van der Waals surface area (Å²) in [5.74, 6) is -0.846. The fourth-order valence-electron chi connectivity index (χ4n) is 3.28. The predicted molar refractivity (Wildman–Crippen MR) is 129 cm³/mol. The summed E-state index contributed by atoms with van der Waals surface area (Å²) in [6, 6.07) is 7.95. The number of hydrogen-bond acceptors (Lipinski definition) is 9. The lowest BCUT2D eigenvalue weighted by Crippen LogP contribution is -2.41. The molecule has 1 atom stereocenters. The number of nitrogen functional groups attached to an aromatic ring is 2. The Morgan fingerprint density at radius 3 is 2.65 bits per heavy atom. The maximum absolute atomic E-state index is 12.2. The molecule has 0 radical (unpaired) electrons. The highest BCUT2D eigenvalue weighted by atomic mass is 35.5. The molecule has 1 saturated heterocycles. The lowest BCUT2D eigenvalue weighted by molar-refractivity contribution is -0.141. The van der Waals surface area contributed by atoms with Crippen molar-refractivity contribution in [2.75, 3.05) is 31.2 Å². The maximum Gasteiger partial charge on any atom is 0.280 e. The number of amides is 1. The van der Waals surface area contributed by atoms with Crippen LogP contribution in [0.2, 0.25) is 5.15 Å². The number of carbonyl (C=O) groups excluding carboxylic acids is 1. The Kier molecular flexibility index (Phi) is 8.48. The summed E-state index contributed by atoms with van der Waals surface area (Å²) in [6.45, 7) is 5.27. The molecule has 184 valence electrons. The van der Waals surface area contributed by atoms with Crippen LogP contribution in [0.4, 0.5) is 11.6 Å². The van der Waals surface area contributed by atoms with Crippen LogP contribution >= 0.6 is 11.6 Å². The second kappa shape index (κ2) is 11.3. The second-order valence-corrected chi connectivity index (χ2v) is 8.61. The van der Waals surface area contributed by atoms with Crippen LogP contribution in [0.5, 0.6) is 5.75 Å². The second-order valence-electron chi connectivity index (χ2n) is 8.25. The van der Waals surface area contributed by atoms with Crippen molar-refractivity contribution in [3.63, 3.8) is 0 Å². The van der Waals surface area contributed by atoms with Crippen LogP contribution in [0.1, 0.15) is 42.7 Å². The summed E-state index contributed by atoms with van der Waals surface area (Å²) in [5, 5.41) is 12.9. The van der Waals surface area contributed by atoms with Crippen LogP contribution in [-0.4, -0.2) is 53.5 Å². The summed E-state index contributed by atoms with van der Waals surface area (Å²) < 4.78 is 17.1. The molecule has 1 aliphatic rings. The van der Waals surface area contributed by atoms with Gasteiger partial charge in [0.15, 0.2) is 34.2 Å². The normalized spacial score (nSPS) is 16.7. The molecule has 1 unspecified atom stereocenters. The van der Waals surface area contributed by atoms with E-state index in [1.807, 2.05) is 38.1 Å². The van der Waals surface area contributed by atoms with Gasteiger partial charge in [-0.05, 0) is 50.8 Å². The highest BCUT2D eigenvalue weighted by Crippen LogP contribution is 2.23. The van der Waals surface area contributed by atoms with Gasteiger partial charge in [0.2, 0.25) is 0 Å². The summed E-state index contributed by atoms with van der Waals surface area (Å²) in [5.41, 5.74) is 12.1. The van der Waals surface area contributed by atoms with Crippen molar-refractivity contribution in [2.45, 2.75) is 45.0 Å². The van der Waals surface area contributed by atoms with Gasteiger partial charge in [-0.1, -0.05) is 23.7 Å². The van der Waals surface area contributed by atoms with Crippen LogP contribution in [0, 0.1) is 5.41 Å². The Morgan fingerprint density at radius 2 is 1.97 bits per heavy atom. The Bertz CT molecular complexity index is 1020. The maximum atomic E-state index is 12.2. The molecule has 1 amide bonds. The fourth-order valence-corrected chi connectivity index (χ4v) is 3.41. The third-order valence-electron chi connectivity index (χ3n) is 4.98. The van der Waals surface area contributed by atoms with Gasteiger partial charge in [-0.25, -0.2) is 9.97 Å². The number of aryl methyl sites for hydroxylation is 1. The summed E-state index contributed by atoms with van der Waals surface area (Å²) in [6.07, 6.45) is 2.52. The number of hydrogen-bond donors (Lipinski definition) is 5. The van der Waals surface area contributed by atoms with Crippen molar-refractivity contribution >= 4 is 35.1 Å². The quantitative estimate of drug-likeness (QED) is 0.200. The molecule has 2 heterocycles. The first-order valence-electron chi connectivity index (χ1n) is 10.9. The van der Waals surface area contributed by atoms with Gasteiger partial charge in [0.25, 0.3) is 5.91 Å². The number of anilines is 2. The van der Waals surface area contributed by atoms with E-state index in [4.69, 9.17) is 42.7 Å². The van der Waals surface area contributed by atoms with Gasteiger partial charge in [0.05, 0.1) is 6.61 Å². The van der Waals surface area contributed by atoms with E-state index in [9.17, 15) is 4.79 Å². The van der Waals surface area contributed by atoms with Gasteiger partial charge in [-0.15, -0.1) is 0 Å². The number of benzene rings is 1. The smallest absolute Gasteiger partial charge is 0.280 e. The summed E-state index contributed by atoms with van der Waals surface area (Å²) >= 11 is 5.78. The molecule has 0 bridgehead atoms. The Labute approximate surface area is 203 Å². The predicted octanol–water partition coefficient (Wildman–Crippen LogP) is 2.10. The largest absolute Gasteiger partial charge is 0.491 e. The average Bonchev–Trinajstić information content (AvgIpc) is 3.14. The van der Waals surface area contributed by atoms with E-state index >= 15 is 0 Å². The SMILES string of the molecule is CC1(C)OCC(COc2ccc(CCCCNC(=N)NC(=O)c3nc(Cl)c(N)nc3N)cc2)O1. The number of nitrogens with zero attached hydrogens (tertiary/aromatic N) is 2. The van der Waals surface area contributed by atoms with Crippen LogP contribution < -0.4 is 26.8 Å². The van der Waals surface area contributed by atoms with Crippen molar-refractivity contribution in [2.24, 2.45) is 0 Å². The van der Waals surface area contributed by atoms with Crippen molar-refractivity contribution in [3.05, 3.63) is 40.7 Å². The summed E-state index contributed by atoms with van der Waals surface area (Å²) in [4.78, 5) is 19.7. The van der Waals surface area contributed by atoms with Gasteiger partial charge in [0, 0.05) is 6.54 Å². The number of ether oxygens (including phenoxy) is 3. The molecule has 1 aliphatic heterocycles. The Hall–Kier alpha value is -3.15. The van der Waals surface area contributed by atoms with E-state index in [0.717, 1.165) is 25.0 Å². The van der Waals surface area contributed by atoms with Crippen molar-refractivity contribution in [1.29, 1.82) is 5.41 Å². The molecule has 11 nitrogen and oxygen atoms in total. The number of halogens is 1. The van der Waals surface area contributed by atoms with Crippen LogP contribution in [0.25, 0.3) is 0 Å². The molecular weight excluding hydrogens is 462 g/mol.